The number of rotatable bonds is 6. The summed E-state index contributed by atoms with van der Waals surface area (Å²) >= 11 is 0. The highest BCUT2D eigenvalue weighted by molar-refractivity contribution is 8.07. The summed E-state index contributed by atoms with van der Waals surface area (Å²) in [5.41, 5.74) is -1.46. The van der Waals surface area contributed by atoms with Crippen LogP contribution >= 0.6 is 0 Å². The van der Waals surface area contributed by atoms with E-state index in [1.807, 2.05) is 60.7 Å². The zero-order chi connectivity index (χ0) is 31.1. The minimum atomic E-state index is -6.30. The second kappa shape index (κ2) is 13.5. The van der Waals surface area contributed by atoms with Crippen molar-refractivity contribution >= 4 is 28.2 Å². The summed E-state index contributed by atoms with van der Waals surface area (Å²) in [5.74, 6) is -9.62. The molecule has 0 aromatic heterocycles. The molecule has 0 amide bonds. The molecule has 0 bridgehead atoms. The highest BCUT2D eigenvalue weighted by Gasteiger charge is 2.37. The lowest BCUT2D eigenvalue weighted by molar-refractivity contribution is 0.102. The molecule has 0 heterocycles. The van der Waals surface area contributed by atoms with Crippen LogP contribution in [0.5, 0.6) is 11.5 Å². The molecular weight excluding hydrogens is 591 g/mol. The van der Waals surface area contributed by atoms with Gasteiger partial charge >= 0.3 is 6.98 Å². The molecule has 0 aliphatic heterocycles. The predicted octanol–water partition coefficient (Wildman–Crippen LogP) is 7.24. The van der Waals surface area contributed by atoms with Gasteiger partial charge in [-0.15, -0.1) is 0 Å². The molecule has 4 aromatic carbocycles. The first kappa shape index (κ1) is 32.1. The zero-order valence-corrected chi connectivity index (χ0v) is 22.3. The third kappa shape index (κ3) is 8.53. The van der Waals surface area contributed by atoms with Crippen LogP contribution in [-0.4, -0.2) is 24.8 Å². The van der Waals surface area contributed by atoms with Gasteiger partial charge in [0, 0.05) is 11.1 Å². The topological polar surface area (TPSA) is 43.4 Å². The van der Waals surface area contributed by atoms with Crippen molar-refractivity contribution in [3.05, 3.63) is 125 Å². The Bertz CT molecular complexity index is 1640. The summed E-state index contributed by atoms with van der Waals surface area (Å²) in [7, 11) is -2.58. The molecule has 42 heavy (non-hydrogen) atoms. The number of carbonyl (C=O) groups excluding carboxylic acids is 1. The smallest absolute Gasteiger partial charge is 0.457 e. The number of ether oxygens (including phenoxy) is 1. The van der Waals surface area contributed by atoms with E-state index in [0.29, 0.717) is 11.3 Å². The van der Waals surface area contributed by atoms with Gasteiger partial charge in [0.1, 0.15) is 29.4 Å². The van der Waals surface area contributed by atoms with Crippen LogP contribution in [0.1, 0.15) is 15.9 Å². The van der Waals surface area contributed by atoms with E-state index in [2.05, 4.69) is 11.2 Å². The molecule has 1 atom stereocenters. The van der Waals surface area contributed by atoms with Gasteiger partial charge in [-0.3, -0.25) is 4.79 Å². The average Bonchev–Trinajstić information content (AvgIpc) is 2.95. The number of ketones is 1. The molecule has 0 saturated heterocycles. The van der Waals surface area contributed by atoms with Crippen LogP contribution in [-0.2, 0) is 14.1 Å². The van der Waals surface area contributed by atoms with Crippen molar-refractivity contribution in [3.8, 4) is 22.7 Å². The number of para-hydroxylation sites is 1. The van der Waals surface area contributed by atoms with Crippen molar-refractivity contribution in [1.82, 2.24) is 0 Å². The van der Waals surface area contributed by atoms with Crippen molar-refractivity contribution in [3.63, 3.8) is 0 Å². The lowest BCUT2D eigenvalue weighted by Crippen LogP contribution is -2.41. The van der Waals surface area contributed by atoms with Crippen LogP contribution in [0.3, 0.4) is 0 Å². The first-order valence-corrected chi connectivity index (χ1v) is 14.0. The fourth-order valence-corrected chi connectivity index (χ4v) is 4.37. The number of hydrogen-bond donors (Lipinski definition) is 0. The predicted molar refractivity (Wildman–Crippen MR) is 144 cm³/mol. The summed E-state index contributed by atoms with van der Waals surface area (Å²) in [4.78, 5) is 12.5. The second-order valence-corrected chi connectivity index (χ2v) is 11.2. The Morgan fingerprint density at radius 1 is 0.714 bits per heavy atom. The van der Waals surface area contributed by atoms with Crippen LogP contribution in [0.2, 0.25) is 0 Å². The van der Waals surface area contributed by atoms with Gasteiger partial charge < -0.3 is 17.7 Å². The van der Waals surface area contributed by atoms with Gasteiger partial charge in [-0.1, -0.05) is 40.6 Å². The molecule has 1 unspecified atom stereocenters. The van der Waals surface area contributed by atoms with E-state index >= 15 is 0 Å². The van der Waals surface area contributed by atoms with Gasteiger partial charge in [0.05, 0.1) is 0 Å². The van der Waals surface area contributed by atoms with E-state index in [9.17, 15) is 43.9 Å². The largest absolute Gasteiger partial charge is 0.515 e. The first-order valence-electron chi connectivity index (χ1n) is 11.8. The lowest BCUT2D eigenvalue weighted by atomic mass is 9.79. The Balaban J connectivity index is 0.000000274. The summed E-state index contributed by atoms with van der Waals surface area (Å²) in [6, 6.07) is 25.5. The van der Waals surface area contributed by atoms with Gasteiger partial charge in [-0.25, -0.2) is 22.0 Å². The number of benzene rings is 4. The van der Waals surface area contributed by atoms with Crippen molar-refractivity contribution in [2.75, 3.05) is 12.0 Å². The molecule has 0 radical (unpaired) electrons. The van der Waals surface area contributed by atoms with E-state index in [1.54, 1.807) is 24.3 Å². The number of Topliss-reactive ketones (excluding diaryl/α,β-unsaturated/α-hetero) is 1. The van der Waals surface area contributed by atoms with E-state index in [4.69, 9.17) is 4.74 Å². The standard InChI is InChI=1S/C23H19O3S.C6BF8/c1-27(25,17-16-19-8-4-2-5-9-19)18-23(24)20-12-14-22(15-13-20)26-21-10-6-3-7-11-21;8-2-1(7(13,14)15)3(9)5(11)6(12)4(2)10/h2-15H,18H2,1H3;/q+1;-1. The molecule has 0 spiro atoms. The third-order valence-electron chi connectivity index (χ3n) is 5.32. The SMILES string of the molecule is C[S+](=O)(C#Cc1ccccc1)CC(=O)c1ccc(Oc2ccccc2)cc1.Fc1c(F)c(F)c([B-](F)(F)F)c(F)c1F. The number of hydrogen-bond acceptors (Lipinski definition) is 3. The highest BCUT2D eigenvalue weighted by Crippen LogP contribution is 2.23. The van der Waals surface area contributed by atoms with E-state index in [-0.39, 0.29) is 11.5 Å². The Morgan fingerprint density at radius 3 is 1.67 bits per heavy atom. The monoisotopic (exact) mass is 610 g/mol. The fourth-order valence-electron chi connectivity index (χ4n) is 3.30. The zero-order valence-electron chi connectivity index (χ0n) is 21.5. The third-order valence-corrected chi connectivity index (χ3v) is 6.66. The normalized spacial score (nSPS) is 12.2. The van der Waals surface area contributed by atoms with Gasteiger partial charge in [0.25, 0.3) is 0 Å². The van der Waals surface area contributed by atoms with E-state index in [1.165, 1.54) is 6.26 Å². The van der Waals surface area contributed by atoms with Crippen molar-refractivity contribution in [1.29, 1.82) is 0 Å². The summed E-state index contributed by atoms with van der Waals surface area (Å²) in [6.45, 7) is -6.30. The number of carbonyl (C=O) groups is 1. The molecule has 4 aromatic rings. The van der Waals surface area contributed by atoms with Gasteiger partial charge in [0.15, 0.2) is 38.4 Å². The van der Waals surface area contributed by atoms with Crippen LogP contribution < -0.4 is 10.2 Å². The van der Waals surface area contributed by atoms with E-state index in [0.717, 1.165) is 11.3 Å². The van der Waals surface area contributed by atoms with Crippen LogP contribution in [0.4, 0.5) is 34.9 Å². The maximum atomic E-state index is 12.6. The molecule has 218 valence electrons. The van der Waals surface area contributed by atoms with Gasteiger partial charge in [-0.05, 0) is 59.9 Å². The molecule has 0 N–H and O–H groups in total. The Hall–Kier alpha value is -4.44. The van der Waals surface area contributed by atoms with Crippen molar-refractivity contribution in [2.45, 2.75) is 0 Å². The first-order chi connectivity index (χ1) is 19.7. The van der Waals surface area contributed by atoms with Gasteiger partial charge in [-0.2, -0.15) is 0 Å². The minimum absolute atomic E-state index is 0.105. The summed E-state index contributed by atoms with van der Waals surface area (Å²) < 4.78 is 116. The molecule has 4 rings (SSSR count). The van der Waals surface area contributed by atoms with Crippen LogP contribution in [0.25, 0.3) is 0 Å². The Kier molecular flexibility index (Phi) is 10.3. The Labute approximate surface area is 236 Å². The quantitative estimate of drug-likeness (QED) is 0.0440. The molecule has 0 saturated carbocycles. The van der Waals surface area contributed by atoms with Crippen molar-refractivity contribution in [2.24, 2.45) is 0 Å². The summed E-state index contributed by atoms with van der Waals surface area (Å²) in [6.07, 6.45) is 1.52. The highest BCUT2D eigenvalue weighted by atomic mass is 32.2. The van der Waals surface area contributed by atoms with Gasteiger partial charge in [0.2, 0.25) is 5.78 Å². The molecule has 13 heteroatoms. The molecule has 0 fully saturated rings. The van der Waals surface area contributed by atoms with Crippen LogP contribution in [0, 0.1) is 40.3 Å². The molecule has 0 aliphatic carbocycles. The van der Waals surface area contributed by atoms with E-state index < -0.39 is 51.5 Å². The maximum absolute atomic E-state index is 12.6. The summed E-state index contributed by atoms with van der Waals surface area (Å²) in [5, 5.41) is 2.75. The second-order valence-electron chi connectivity index (χ2n) is 8.66. The fraction of sp³-hybridized carbons (Fsp3) is 0.0690. The van der Waals surface area contributed by atoms with Crippen molar-refractivity contribution < 1.29 is 48.6 Å². The minimum Gasteiger partial charge on any atom is -0.457 e. The molecular formula is C29H19BF8O3S. The Morgan fingerprint density at radius 2 is 1.17 bits per heavy atom. The van der Waals surface area contributed by atoms with Crippen LogP contribution in [0.15, 0.2) is 84.9 Å². The number of halogens is 8. The lowest BCUT2D eigenvalue weighted by Gasteiger charge is -2.17. The molecule has 0 aliphatic rings. The maximum Gasteiger partial charge on any atom is 0.515 e. The molecule has 3 nitrogen and oxygen atoms in total. The average molecular weight is 610 g/mol.